The number of aromatic nitrogens is 2. The van der Waals surface area contributed by atoms with Gasteiger partial charge in [-0.15, -0.1) is 0 Å². The summed E-state index contributed by atoms with van der Waals surface area (Å²) in [4.78, 5) is 12.6. The van der Waals surface area contributed by atoms with Crippen LogP contribution >= 0.6 is 0 Å². The number of benzene rings is 3. The zero-order valence-electron chi connectivity index (χ0n) is 16.1. The largest absolute Gasteiger partial charge is 0.481 e. The summed E-state index contributed by atoms with van der Waals surface area (Å²) in [5, 5.41) is 13.7. The molecule has 1 atom stereocenters. The third kappa shape index (κ3) is 4.12. The maximum absolute atomic E-state index is 12.6. The molecule has 8 heteroatoms. The highest BCUT2D eigenvalue weighted by Gasteiger charge is 2.19. The molecule has 3 aromatic carbocycles. The molecule has 0 aliphatic heterocycles. The van der Waals surface area contributed by atoms with Gasteiger partial charge in [-0.05, 0) is 40.1 Å². The summed E-state index contributed by atoms with van der Waals surface area (Å²) in [7, 11) is 0. The molecule has 4 rings (SSSR count). The van der Waals surface area contributed by atoms with Crippen molar-refractivity contribution in [2.75, 3.05) is 5.73 Å². The van der Waals surface area contributed by atoms with Crippen LogP contribution in [0.4, 0.5) is 5.82 Å². The fourth-order valence-corrected chi connectivity index (χ4v) is 2.91. The van der Waals surface area contributed by atoms with Crippen molar-refractivity contribution in [3.63, 3.8) is 0 Å². The van der Waals surface area contributed by atoms with Crippen LogP contribution < -0.4 is 15.9 Å². The molecule has 0 fully saturated rings. The second kappa shape index (κ2) is 8.44. The van der Waals surface area contributed by atoms with Gasteiger partial charge in [0.2, 0.25) is 0 Å². The number of anilines is 1. The van der Waals surface area contributed by atoms with Crippen LogP contribution in [-0.4, -0.2) is 28.0 Å². The molecule has 0 saturated carbocycles. The Morgan fingerprint density at radius 1 is 1.03 bits per heavy atom. The summed E-state index contributed by atoms with van der Waals surface area (Å²) in [6, 6.07) is 22.7. The van der Waals surface area contributed by atoms with E-state index in [1.807, 2.05) is 72.8 Å². The van der Waals surface area contributed by atoms with Gasteiger partial charge in [0.1, 0.15) is 11.5 Å². The van der Waals surface area contributed by atoms with E-state index in [1.54, 1.807) is 6.92 Å². The van der Waals surface area contributed by atoms with Gasteiger partial charge in [-0.2, -0.15) is 5.10 Å². The van der Waals surface area contributed by atoms with Crippen LogP contribution in [0.15, 0.2) is 82.5 Å². The molecule has 0 aliphatic rings. The molecule has 1 heterocycles. The van der Waals surface area contributed by atoms with E-state index in [-0.39, 0.29) is 11.5 Å². The van der Waals surface area contributed by atoms with E-state index in [2.05, 4.69) is 25.5 Å². The third-order valence-electron chi connectivity index (χ3n) is 4.47. The minimum Gasteiger partial charge on any atom is -0.481 e. The third-order valence-corrected chi connectivity index (χ3v) is 4.47. The van der Waals surface area contributed by atoms with Crippen LogP contribution in [0, 0.1) is 0 Å². The monoisotopic (exact) mass is 401 g/mol. The molecule has 8 nitrogen and oxygen atoms in total. The lowest BCUT2D eigenvalue weighted by Crippen LogP contribution is -2.34. The van der Waals surface area contributed by atoms with Gasteiger partial charge >= 0.3 is 0 Å². The second-order valence-corrected chi connectivity index (χ2v) is 6.57. The fraction of sp³-hybridized carbons (Fsp3) is 0.0909. The minimum absolute atomic E-state index is 0.0762. The van der Waals surface area contributed by atoms with Crippen LogP contribution in [0.1, 0.15) is 18.2 Å². The first-order valence-corrected chi connectivity index (χ1v) is 9.28. The zero-order chi connectivity index (χ0) is 20.9. The molecule has 30 heavy (non-hydrogen) atoms. The lowest BCUT2D eigenvalue weighted by molar-refractivity contribution is -0.127. The predicted molar refractivity (Wildman–Crippen MR) is 113 cm³/mol. The molecule has 0 aliphatic carbocycles. The van der Waals surface area contributed by atoms with Crippen molar-refractivity contribution in [1.82, 2.24) is 15.7 Å². The molecule has 0 saturated heterocycles. The Kier molecular flexibility index (Phi) is 5.38. The highest BCUT2D eigenvalue weighted by Crippen LogP contribution is 2.21. The van der Waals surface area contributed by atoms with Gasteiger partial charge in [-0.1, -0.05) is 60.7 Å². The van der Waals surface area contributed by atoms with Gasteiger partial charge in [0, 0.05) is 5.56 Å². The minimum atomic E-state index is -0.778. The SMILES string of the molecule is CC(Oc1ccc2ccccc2c1)C(=O)N/N=C(/c1ccccc1)c1nonc1N. The summed E-state index contributed by atoms with van der Waals surface area (Å²) in [5.74, 6) is 0.243. The van der Waals surface area contributed by atoms with Crippen molar-refractivity contribution in [3.05, 3.63) is 84.1 Å². The number of nitrogens with two attached hydrogens (primary N) is 1. The molecule has 1 amide bonds. The molecule has 1 unspecified atom stereocenters. The smallest absolute Gasteiger partial charge is 0.280 e. The molecule has 150 valence electrons. The first kappa shape index (κ1) is 19.1. The van der Waals surface area contributed by atoms with Crippen molar-refractivity contribution in [1.29, 1.82) is 0 Å². The number of hydrogen-bond acceptors (Lipinski definition) is 7. The average Bonchev–Trinajstić information content (AvgIpc) is 3.20. The number of nitrogens with one attached hydrogen (secondary N) is 1. The number of hydrogen-bond donors (Lipinski definition) is 2. The first-order chi connectivity index (χ1) is 14.6. The van der Waals surface area contributed by atoms with Crippen molar-refractivity contribution < 1.29 is 14.2 Å². The summed E-state index contributed by atoms with van der Waals surface area (Å²) in [6.45, 7) is 1.65. The van der Waals surface area contributed by atoms with Crippen LogP contribution in [-0.2, 0) is 4.79 Å². The predicted octanol–water partition coefficient (Wildman–Crippen LogP) is 3.14. The lowest BCUT2D eigenvalue weighted by atomic mass is 10.1. The molecule has 0 radical (unpaired) electrons. The second-order valence-electron chi connectivity index (χ2n) is 6.57. The Hall–Kier alpha value is -4.20. The van der Waals surface area contributed by atoms with Crippen LogP contribution in [0.3, 0.4) is 0 Å². The molecule has 0 spiro atoms. The van der Waals surface area contributed by atoms with Gasteiger partial charge in [-0.25, -0.2) is 10.1 Å². The molecular weight excluding hydrogens is 382 g/mol. The Bertz CT molecular complexity index is 1200. The van der Waals surface area contributed by atoms with Crippen molar-refractivity contribution in [3.8, 4) is 5.75 Å². The summed E-state index contributed by atoms with van der Waals surface area (Å²) in [5.41, 5.74) is 9.59. The zero-order valence-corrected chi connectivity index (χ0v) is 16.1. The van der Waals surface area contributed by atoms with E-state index in [4.69, 9.17) is 10.5 Å². The summed E-state index contributed by atoms with van der Waals surface area (Å²) >= 11 is 0. The standard InChI is InChI=1S/C22H19N5O3/c1-14(29-18-12-11-15-7-5-6-10-17(15)13-18)22(28)25-24-19(16-8-3-2-4-9-16)20-21(23)27-30-26-20/h2-14H,1H3,(H2,23,27)(H,25,28)/b24-19-. The van der Waals surface area contributed by atoms with E-state index < -0.39 is 12.0 Å². The van der Waals surface area contributed by atoms with Crippen LogP contribution in [0.25, 0.3) is 10.8 Å². The number of amides is 1. The number of hydrazone groups is 1. The summed E-state index contributed by atoms with van der Waals surface area (Å²) < 4.78 is 10.5. The van der Waals surface area contributed by atoms with Crippen LogP contribution in [0.2, 0.25) is 0 Å². The van der Waals surface area contributed by atoms with Gasteiger partial charge < -0.3 is 10.5 Å². The number of rotatable bonds is 6. The lowest BCUT2D eigenvalue weighted by Gasteiger charge is -2.14. The molecule has 4 aromatic rings. The molecule has 0 bridgehead atoms. The van der Waals surface area contributed by atoms with E-state index >= 15 is 0 Å². The van der Waals surface area contributed by atoms with E-state index in [9.17, 15) is 4.79 Å². The highest BCUT2D eigenvalue weighted by molar-refractivity contribution is 6.14. The van der Waals surface area contributed by atoms with Gasteiger partial charge in [0.15, 0.2) is 17.6 Å². The molecule has 1 aromatic heterocycles. The number of fused-ring (bicyclic) bond motifs is 1. The van der Waals surface area contributed by atoms with Crippen molar-refractivity contribution in [2.24, 2.45) is 5.10 Å². The fourth-order valence-electron chi connectivity index (χ4n) is 2.91. The normalized spacial score (nSPS) is 12.5. The Morgan fingerprint density at radius 2 is 1.77 bits per heavy atom. The Morgan fingerprint density at radius 3 is 2.50 bits per heavy atom. The number of carbonyl (C=O) groups is 1. The van der Waals surface area contributed by atoms with Gasteiger partial charge in [-0.3, -0.25) is 4.79 Å². The van der Waals surface area contributed by atoms with Gasteiger partial charge in [0.25, 0.3) is 5.91 Å². The molecule has 3 N–H and O–H groups in total. The number of ether oxygens (including phenoxy) is 1. The van der Waals surface area contributed by atoms with Gasteiger partial charge in [0.05, 0.1) is 0 Å². The highest BCUT2D eigenvalue weighted by atomic mass is 16.6. The quantitative estimate of drug-likeness (QED) is 0.379. The van der Waals surface area contributed by atoms with E-state index in [0.717, 1.165) is 10.8 Å². The topological polar surface area (TPSA) is 116 Å². The van der Waals surface area contributed by atoms with E-state index in [0.29, 0.717) is 17.0 Å². The maximum Gasteiger partial charge on any atom is 0.280 e. The average molecular weight is 401 g/mol. The Balaban J connectivity index is 1.51. The number of nitrogen functional groups attached to an aromatic ring is 1. The number of nitrogens with zero attached hydrogens (tertiary/aromatic N) is 3. The van der Waals surface area contributed by atoms with Crippen molar-refractivity contribution in [2.45, 2.75) is 13.0 Å². The van der Waals surface area contributed by atoms with E-state index in [1.165, 1.54) is 0 Å². The summed E-state index contributed by atoms with van der Waals surface area (Å²) in [6.07, 6.45) is -0.778. The van der Waals surface area contributed by atoms with Crippen LogP contribution in [0.5, 0.6) is 5.75 Å². The molecular formula is C22H19N5O3. The Labute approximate surface area is 172 Å². The number of carbonyl (C=O) groups excluding carboxylic acids is 1. The van der Waals surface area contributed by atoms with Crippen molar-refractivity contribution >= 4 is 28.2 Å². The maximum atomic E-state index is 12.6. The first-order valence-electron chi connectivity index (χ1n) is 9.28.